The van der Waals surface area contributed by atoms with E-state index >= 15 is 0 Å². The Morgan fingerprint density at radius 1 is 1.62 bits per heavy atom. The Kier molecular flexibility index (Phi) is 4.12. The van der Waals surface area contributed by atoms with Crippen LogP contribution in [0.25, 0.3) is 0 Å². The van der Waals surface area contributed by atoms with E-state index in [4.69, 9.17) is 0 Å². The molecule has 3 heteroatoms. The fourth-order valence-electron chi connectivity index (χ4n) is 1.03. The molecule has 0 bridgehead atoms. The van der Waals surface area contributed by atoms with Crippen molar-refractivity contribution in [1.29, 1.82) is 0 Å². The van der Waals surface area contributed by atoms with E-state index in [0.29, 0.717) is 12.5 Å². The lowest BCUT2D eigenvalue weighted by atomic mass is 10.2. The molecule has 0 fully saturated rings. The zero-order chi connectivity index (χ0) is 9.68. The number of hydrogen-bond acceptors (Lipinski definition) is 3. The summed E-state index contributed by atoms with van der Waals surface area (Å²) in [7, 11) is 0. The quantitative estimate of drug-likeness (QED) is 0.734. The van der Waals surface area contributed by atoms with Gasteiger partial charge >= 0.3 is 0 Å². The van der Waals surface area contributed by atoms with Gasteiger partial charge in [0.05, 0.1) is 4.88 Å². The van der Waals surface area contributed by atoms with Crippen molar-refractivity contribution >= 4 is 17.1 Å². The number of hydrogen-bond donors (Lipinski definition) is 1. The first kappa shape index (κ1) is 10.4. The topological polar surface area (TPSA) is 29.1 Å². The van der Waals surface area contributed by atoms with Crippen LogP contribution in [0.5, 0.6) is 0 Å². The smallest absolute Gasteiger partial charge is 0.174 e. The molecule has 0 amide bonds. The molecule has 1 aromatic rings. The molecule has 1 aromatic heterocycles. The van der Waals surface area contributed by atoms with Crippen molar-refractivity contribution in [1.82, 2.24) is 5.32 Å². The third kappa shape index (κ3) is 3.70. The van der Waals surface area contributed by atoms with E-state index in [9.17, 15) is 4.79 Å². The molecule has 1 rings (SSSR count). The van der Waals surface area contributed by atoms with E-state index in [1.807, 2.05) is 17.5 Å². The summed E-state index contributed by atoms with van der Waals surface area (Å²) < 4.78 is 0. The van der Waals surface area contributed by atoms with Crippen LogP contribution >= 0.6 is 11.3 Å². The van der Waals surface area contributed by atoms with Gasteiger partial charge in [-0.05, 0) is 11.4 Å². The molecule has 0 atom stereocenters. The largest absolute Gasteiger partial charge is 0.314 e. The Morgan fingerprint density at radius 3 is 2.92 bits per heavy atom. The first-order valence-corrected chi connectivity index (χ1v) is 5.38. The maximum atomic E-state index is 11.5. The number of thiophene rings is 1. The molecule has 13 heavy (non-hydrogen) atoms. The van der Waals surface area contributed by atoms with Crippen LogP contribution in [0.15, 0.2) is 17.5 Å². The Bertz CT molecular complexity index is 254. The Labute approximate surface area is 83.0 Å². The summed E-state index contributed by atoms with van der Waals surface area (Å²) in [5.74, 6) is 0.239. The van der Waals surface area contributed by atoms with Crippen LogP contribution < -0.4 is 5.32 Å². The van der Waals surface area contributed by atoms with Crippen LogP contribution in [-0.2, 0) is 0 Å². The second-order valence-corrected chi connectivity index (χ2v) is 4.21. The highest BCUT2D eigenvalue weighted by Gasteiger charge is 2.05. The van der Waals surface area contributed by atoms with Gasteiger partial charge in [0.25, 0.3) is 0 Å². The fourth-order valence-corrected chi connectivity index (χ4v) is 1.73. The first-order valence-electron chi connectivity index (χ1n) is 4.50. The molecule has 0 aliphatic heterocycles. The zero-order valence-electron chi connectivity index (χ0n) is 8.04. The SMILES string of the molecule is CC(C)NCCC(=O)c1cccs1. The van der Waals surface area contributed by atoms with Crippen molar-refractivity contribution in [2.75, 3.05) is 6.54 Å². The van der Waals surface area contributed by atoms with E-state index in [1.165, 1.54) is 11.3 Å². The van der Waals surface area contributed by atoms with Crippen molar-refractivity contribution in [3.8, 4) is 0 Å². The average molecular weight is 197 g/mol. The summed E-state index contributed by atoms with van der Waals surface area (Å²) in [6, 6.07) is 4.24. The molecule has 0 aliphatic rings. The molecule has 1 heterocycles. The number of carbonyl (C=O) groups is 1. The van der Waals surface area contributed by atoms with Crippen molar-refractivity contribution in [3.63, 3.8) is 0 Å². The third-order valence-corrected chi connectivity index (χ3v) is 2.61. The summed E-state index contributed by atoms with van der Waals surface area (Å²) in [5, 5.41) is 5.16. The van der Waals surface area contributed by atoms with E-state index in [-0.39, 0.29) is 5.78 Å². The lowest BCUT2D eigenvalue weighted by Crippen LogP contribution is -2.25. The highest BCUT2D eigenvalue weighted by atomic mass is 32.1. The van der Waals surface area contributed by atoms with E-state index in [0.717, 1.165) is 11.4 Å². The summed E-state index contributed by atoms with van der Waals surface area (Å²) >= 11 is 1.51. The van der Waals surface area contributed by atoms with Crippen molar-refractivity contribution < 1.29 is 4.79 Å². The molecule has 72 valence electrons. The monoisotopic (exact) mass is 197 g/mol. The molecule has 0 radical (unpaired) electrons. The van der Waals surface area contributed by atoms with Gasteiger partial charge in [-0.15, -0.1) is 11.3 Å². The molecule has 0 unspecified atom stereocenters. The summed E-state index contributed by atoms with van der Waals surface area (Å²) in [6.07, 6.45) is 0.596. The Hall–Kier alpha value is -0.670. The lowest BCUT2D eigenvalue weighted by molar-refractivity contribution is 0.0986. The van der Waals surface area contributed by atoms with Crippen LogP contribution in [0.3, 0.4) is 0 Å². The number of carbonyl (C=O) groups excluding carboxylic acids is 1. The summed E-state index contributed by atoms with van der Waals surface area (Å²) in [4.78, 5) is 12.3. The van der Waals surface area contributed by atoms with Crippen molar-refractivity contribution in [3.05, 3.63) is 22.4 Å². The minimum Gasteiger partial charge on any atom is -0.314 e. The highest BCUT2D eigenvalue weighted by molar-refractivity contribution is 7.12. The standard InChI is InChI=1S/C10H15NOS/c1-8(2)11-6-5-9(12)10-4-3-7-13-10/h3-4,7-8,11H,5-6H2,1-2H3. The van der Waals surface area contributed by atoms with Crippen LogP contribution in [-0.4, -0.2) is 18.4 Å². The zero-order valence-corrected chi connectivity index (χ0v) is 8.86. The molecule has 0 spiro atoms. The van der Waals surface area contributed by atoms with Crippen molar-refractivity contribution in [2.45, 2.75) is 26.3 Å². The van der Waals surface area contributed by atoms with Gasteiger partial charge in [-0.1, -0.05) is 19.9 Å². The van der Waals surface area contributed by atoms with Crippen LogP contribution in [0.1, 0.15) is 29.9 Å². The minimum atomic E-state index is 0.239. The van der Waals surface area contributed by atoms with E-state index in [2.05, 4.69) is 19.2 Å². The Balaban J connectivity index is 2.27. The molecule has 0 aliphatic carbocycles. The molecule has 0 saturated heterocycles. The van der Waals surface area contributed by atoms with Gasteiger partial charge in [0.1, 0.15) is 0 Å². The maximum absolute atomic E-state index is 11.5. The second-order valence-electron chi connectivity index (χ2n) is 3.26. The summed E-state index contributed by atoms with van der Waals surface area (Å²) in [6.45, 7) is 4.93. The molecular weight excluding hydrogens is 182 g/mol. The van der Waals surface area contributed by atoms with Crippen LogP contribution in [0.4, 0.5) is 0 Å². The first-order chi connectivity index (χ1) is 6.20. The second kappa shape index (κ2) is 5.14. The predicted molar refractivity (Wildman–Crippen MR) is 56.4 cm³/mol. The number of Topliss-reactive ketones (excluding diaryl/α,β-unsaturated/α-hetero) is 1. The van der Waals surface area contributed by atoms with Gasteiger partial charge in [-0.3, -0.25) is 4.79 Å². The third-order valence-electron chi connectivity index (χ3n) is 1.70. The summed E-state index contributed by atoms with van der Waals surface area (Å²) in [5.41, 5.74) is 0. The molecule has 0 aromatic carbocycles. The van der Waals surface area contributed by atoms with Crippen LogP contribution in [0, 0.1) is 0 Å². The van der Waals surface area contributed by atoms with Gasteiger partial charge in [0.2, 0.25) is 0 Å². The molecule has 2 nitrogen and oxygen atoms in total. The Morgan fingerprint density at radius 2 is 2.38 bits per heavy atom. The molecule has 1 N–H and O–H groups in total. The normalized spacial score (nSPS) is 10.7. The fraction of sp³-hybridized carbons (Fsp3) is 0.500. The average Bonchev–Trinajstić information content (AvgIpc) is 2.55. The van der Waals surface area contributed by atoms with Gasteiger partial charge < -0.3 is 5.32 Å². The van der Waals surface area contributed by atoms with Gasteiger partial charge in [-0.2, -0.15) is 0 Å². The minimum absolute atomic E-state index is 0.239. The van der Waals surface area contributed by atoms with Gasteiger partial charge in [0.15, 0.2) is 5.78 Å². The van der Waals surface area contributed by atoms with E-state index in [1.54, 1.807) is 0 Å². The number of rotatable bonds is 5. The predicted octanol–water partition coefficient (Wildman–Crippen LogP) is 2.32. The highest BCUT2D eigenvalue weighted by Crippen LogP contribution is 2.10. The molecule has 0 saturated carbocycles. The number of ketones is 1. The van der Waals surface area contributed by atoms with Crippen LogP contribution in [0.2, 0.25) is 0 Å². The van der Waals surface area contributed by atoms with Gasteiger partial charge in [0, 0.05) is 19.0 Å². The maximum Gasteiger partial charge on any atom is 0.174 e. The molecular formula is C10H15NOS. The van der Waals surface area contributed by atoms with E-state index < -0.39 is 0 Å². The van der Waals surface area contributed by atoms with Crippen molar-refractivity contribution in [2.24, 2.45) is 0 Å². The van der Waals surface area contributed by atoms with Gasteiger partial charge in [-0.25, -0.2) is 0 Å². The lowest BCUT2D eigenvalue weighted by Gasteiger charge is -2.05. The number of nitrogens with one attached hydrogen (secondary N) is 1.